The largest absolute Gasteiger partial charge is 0.481 e. The zero-order valence-corrected chi connectivity index (χ0v) is 13.5. The van der Waals surface area contributed by atoms with Crippen LogP contribution in [0.4, 0.5) is 0 Å². The molecule has 0 aliphatic rings. The van der Waals surface area contributed by atoms with E-state index in [1.54, 1.807) is 18.2 Å². The number of nitrogens with one attached hydrogen (secondary N) is 1. The van der Waals surface area contributed by atoms with Gasteiger partial charge < -0.3 is 10.4 Å². The van der Waals surface area contributed by atoms with Gasteiger partial charge in [-0.2, -0.15) is 0 Å². The molecule has 4 nitrogen and oxygen atoms in total. The summed E-state index contributed by atoms with van der Waals surface area (Å²) in [5.74, 6) is -1.47. The molecule has 0 radical (unpaired) electrons. The van der Waals surface area contributed by atoms with Crippen LogP contribution in [0.15, 0.2) is 18.2 Å². The first-order valence-corrected chi connectivity index (χ1v) is 7.48. The Kier molecular flexibility index (Phi) is 6.99. The van der Waals surface area contributed by atoms with E-state index < -0.39 is 11.9 Å². The Bertz CT molecular complexity index is 518. The SMILES string of the molecule is CC(C)CC(CNC(=O)Cc1ccc(Cl)cc1Cl)C(=O)O. The summed E-state index contributed by atoms with van der Waals surface area (Å²) in [4.78, 5) is 23.0. The number of carboxylic acid groups (broad SMARTS) is 1. The molecule has 1 aromatic rings. The summed E-state index contributed by atoms with van der Waals surface area (Å²) in [6.45, 7) is 4.02. The summed E-state index contributed by atoms with van der Waals surface area (Å²) < 4.78 is 0. The van der Waals surface area contributed by atoms with E-state index in [4.69, 9.17) is 28.3 Å². The molecule has 2 N–H and O–H groups in total. The summed E-state index contributed by atoms with van der Waals surface area (Å²) in [6.07, 6.45) is 0.626. The molecule has 1 aromatic carbocycles. The Hall–Kier alpha value is -1.26. The molecule has 0 saturated carbocycles. The van der Waals surface area contributed by atoms with E-state index in [-0.39, 0.29) is 24.8 Å². The lowest BCUT2D eigenvalue weighted by atomic mass is 9.97. The standard InChI is InChI=1S/C15H19Cl2NO3/c1-9(2)5-11(15(20)21)8-18-14(19)6-10-3-4-12(16)7-13(10)17/h3-4,7,9,11H,5-6,8H2,1-2H3,(H,18,19)(H,20,21). The van der Waals surface area contributed by atoms with Gasteiger partial charge in [0.1, 0.15) is 0 Å². The molecule has 0 aromatic heterocycles. The highest BCUT2D eigenvalue weighted by Gasteiger charge is 2.19. The Morgan fingerprint density at radius 3 is 2.48 bits per heavy atom. The van der Waals surface area contributed by atoms with Crippen LogP contribution in [0.5, 0.6) is 0 Å². The number of aliphatic carboxylic acids is 1. The van der Waals surface area contributed by atoms with Crippen molar-refractivity contribution in [3.8, 4) is 0 Å². The fourth-order valence-corrected chi connectivity index (χ4v) is 2.45. The highest BCUT2D eigenvalue weighted by molar-refractivity contribution is 6.35. The van der Waals surface area contributed by atoms with Crippen molar-refractivity contribution < 1.29 is 14.7 Å². The summed E-state index contributed by atoms with van der Waals surface area (Å²) in [5, 5.41) is 12.7. The second-order valence-electron chi connectivity index (χ2n) is 5.38. The van der Waals surface area contributed by atoms with Gasteiger partial charge in [-0.1, -0.05) is 43.1 Å². The number of benzene rings is 1. The lowest BCUT2D eigenvalue weighted by molar-refractivity contribution is -0.142. The maximum Gasteiger partial charge on any atom is 0.308 e. The van der Waals surface area contributed by atoms with Crippen LogP contribution in [-0.2, 0) is 16.0 Å². The summed E-state index contributed by atoms with van der Waals surface area (Å²) in [6, 6.07) is 4.92. The van der Waals surface area contributed by atoms with E-state index >= 15 is 0 Å². The van der Waals surface area contributed by atoms with Crippen LogP contribution in [0.25, 0.3) is 0 Å². The molecule has 0 bridgehead atoms. The first-order chi connectivity index (χ1) is 9.79. The Morgan fingerprint density at radius 2 is 1.95 bits per heavy atom. The molecule has 1 atom stereocenters. The fraction of sp³-hybridized carbons (Fsp3) is 0.467. The fourth-order valence-electron chi connectivity index (χ4n) is 1.98. The van der Waals surface area contributed by atoms with Crippen molar-refractivity contribution in [2.75, 3.05) is 6.54 Å². The third-order valence-electron chi connectivity index (χ3n) is 3.02. The molecule has 0 aliphatic heterocycles. The van der Waals surface area contributed by atoms with E-state index in [9.17, 15) is 9.59 Å². The van der Waals surface area contributed by atoms with Gasteiger partial charge in [-0.3, -0.25) is 9.59 Å². The van der Waals surface area contributed by atoms with Crippen LogP contribution >= 0.6 is 23.2 Å². The van der Waals surface area contributed by atoms with Crippen molar-refractivity contribution in [2.24, 2.45) is 11.8 Å². The van der Waals surface area contributed by atoms with Crippen LogP contribution < -0.4 is 5.32 Å². The van der Waals surface area contributed by atoms with Gasteiger partial charge in [0.2, 0.25) is 5.91 Å². The van der Waals surface area contributed by atoms with Crippen LogP contribution in [-0.4, -0.2) is 23.5 Å². The molecule has 0 fully saturated rings. The topological polar surface area (TPSA) is 66.4 Å². The molecule has 21 heavy (non-hydrogen) atoms. The van der Waals surface area contributed by atoms with Crippen molar-refractivity contribution in [3.63, 3.8) is 0 Å². The van der Waals surface area contributed by atoms with Crippen molar-refractivity contribution in [1.82, 2.24) is 5.32 Å². The van der Waals surface area contributed by atoms with E-state index in [1.165, 1.54) is 0 Å². The third-order valence-corrected chi connectivity index (χ3v) is 3.60. The average Bonchev–Trinajstić information content (AvgIpc) is 2.37. The highest BCUT2D eigenvalue weighted by Crippen LogP contribution is 2.21. The molecule has 1 unspecified atom stereocenters. The van der Waals surface area contributed by atoms with Gasteiger partial charge in [0, 0.05) is 16.6 Å². The van der Waals surface area contributed by atoms with Crippen molar-refractivity contribution in [3.05, 3.63) is 33.8 Å². The normalized spacial score (nSPS) is 12.2. The first-order valence-electron chi connectivity index (χ1n) is 6.73. The first kappa shape index (κ1) is 17.8. The number of halogens is 2. The maximum absolute atomic E-state index is 11.9. The lowest BCUT2D eigenvalue weighted by Crippen LogP contribution is -2.34. The minimum atomic E-state index is -0.895. The molecule has 0 aliphatic carbocycles. The maximum atomic E-state index is 11.9. The van der Waals surface area contributed by atoms with E-state index in [0.717, 1.165) is 0 Å². The molecule has 6 heteroatoms. The number of carboxylic acids is 1. The molecular formula is C15H19Cl2NO3. The zero-order chi connectivity index (χ0) is 16.0. The summed E-state index contributed by atoms with van der Waals surface area (Å²) in [5.41, 5.74) is 0.661. The summed E-state index contributed by atoms with van der Waals surface area (Å²) in [7, 11) is 0. The van der Waals surface area contributed by atoms with E-state index in [1.807, 2.05) is 13.8 Å². The van der Waals surface area contributed by atoms with E-state index in [2.05, 4.69) is 5.32 Å². The van der Waals surface area contributed by atoms with Crippen LogP contribution in [0, 0.1) is 11.8 Å². The van der Waals surface area contributed by atoms with Crippen molar-refractivity contribution in [2.45, 2.75) is 26.7 Å². The quantitative estimate of drug-likeness (QED) is 0.804. The molecule has 116 valence electrons. The lowest BCUT2D eigenvalue weighted by Gasteiger charge is -2.15. The van der Waals surface area contributed by atoms with Crippen molar-refractivity contribution in [1.29, 1.82) is 0 Å². The zero-order valence-electron chi connectivity index (χ0n) is 12.0. The van der Waals surface area contributed by atoms with Gasteiger partial charge in [0.05, 0.1) is 12.3 Å². The minimum Gasteiger partial charge on any atom is -0.481 e. The van der Waals surface area contributed by atoms with Gasteiger partial charge in [0.25, 0.3) is 0 Å². The summed E-state index contributed by atoms with van der Waals surface area (Å²) >= 11 is 11.8. The second kappa shape index (κ2) is 8.25. The third kappa shape index (κ3) is 6.36. The number of hydrogen-bond acceptors (Lipinski definition) is 2. The Balaban J connectivity index is 2.54. The van der Waals surface area contributed by atoms with Crippen molar-refractivity contribution >= 4 is 35.1 Å². The van der Waals surface area contributed by atoms with Gasteiger partial charge in [-0.15, -0.1) is 0 Å². The Labute approximate surface area is 134 Å². The predicted molar refractivity (Wildman–Crippen MR) is 83.8 cm³/mol. The van der Waals surface area contributed by atoms with Gasteiger partial charge in [0.15, 0.2) is 0 Å². The van der Waals surface area contributed by atoms with Gasteiger partial charge in [-0.05, 0) is 30.0 Å². The monoisotopic (exact) mass is 331 g/mol. The number of amides is 1. The second-order valence-corrected chi connectivity index (χ2v) is 6.22. The highest BCUT2D eigenvalue weighted by atomic mass is 35.5. The van der Waals surface area contributed by atoms with Gasteiger partial charge in [-0.25, -0.2) is 0 Å². The van der Waals surface area contributed by atoms with Gasteiger partial charge >= 0.3 is 5.97 Å². The molecule has 0 spiro atoms. The minimum absolute atomic E-state index is 0.101. The van der Waals surface area contributed by atoms with Crippen LogP contribution in [0.1, 0.15) is 25.8 Å². The number of hydrogen-bond donors (Lipinski definition) is 2. The molecular weight excluding hydrogens is 313 g/mol. The Morgan fingerprint density at radius 1 is 1.29 bits per heavy atom. The number of carbonyl (C=O) groups excluding carboxylic acids is 1. The molecule has 0 heterocycles. The van der Waals surface area contributed by atoms with Crippen LogP contribution in [0.2, 0.25) is 10.0 Å². The average molecular weight is 332 g/mol. The smallest absolute Gasteiger partial charge is 0.308 e. The van der Waals surface area contributed by atoms with E-state index in [0.29, 0.717) is 22.0 Å². The number of carbonyl (C=O) groups is 2. The molecule has 1 amide bonds. The number of rotatable bonds is 7. The molecule has 0 saturated heterocycles. The predicted octanol–water partition coefficient (Wildman–Crippen LogP) is 3.40. The van der Waals surface area contributed by atoms with Crippen LogP contribution in [0.3, 0.4) is 0 Å². The molecule has 1 rings (SSSR count).